The van der Waals surface area contributed by atoms with Crippen molar-refractivity contribution in [2.45, 2.75) is 19.8 Å². The first-order valence-corrected chi connectivity index (χ1v) is 9.67. The number of benzene rings is 2. The summed E-state index contributed by atoms with van der Waals surface area (Å²) in [6, 6.07) is 14.9. The van der Waals surface area contributed by atoms with Gasteiger partial charge in [-0.2, -0.15) is 5.10 Å². The van der Waals surface area contributed by atoms with Gasteiger partial charge in [0.25, 0.3) is 5.91 Å². The molecule has 31 heavy (non-hydrogen) atoms. The van der Waals surface area contributed by atoms with Crippen molar-refractivity contribution >= 4 is 40.8 Å². The lowest BCUT2D eigenvalue weighted by atomic mass is 10.1. The minimum Gasteiger partial charge on any atom is -0.462 e. The summed E-state index contributed by atoms with van der Waals surface area (Å²) in [6.07, 6.45) is 0.250. The van der Waals surface area contributed by atoms with Crippen LogP contribution in [0, 0.1) is 0 Å². The zero-order chi connectivity index (χ0) is 22.2. The van der Waals surface area contributed by atoms with Crippen molar-refractivity contribution in [2.75, 3.05) is 23.5 Å². The number of hydrogen-bond acceptors (Lipinski definition) is 7. The Bertz CT molecular complexity index is 1000. The van der Waals surface area contributed by atoms with Crippen LogP contribution in [-0.4, -0.2) is 42.7 Å². The zero-order valence-electron chi connectivity index (χ0n) is 16.9. The number of anilines is 2. The molecular weight excluding hydrogens is 402 g/mol. The van der Waals surface area contributed by atoms with E-state index in [0.29, 0.717) is 16.9 Å². The number of nitrogens with one attached hydrogen (secondary N) is 1. The molecule has 1 N–H and O–H groups in total. The van der Waals surface area contributed by atoms with E-state index in [-0.39, 0.29) is 31.1 Å². The number of hydrogen-bond donors (Lipinski definition) is 1. The molecule has 1 heterocycles. The van der Waals surface area contributed by atoms with Crippen LogP contribution in [0.1, 0.15) is 30.1 Å². The Morgan fingerprint density at radius 1 is 0.968 bits per heavy atom. The fourth-order valence-electron chi connectivity index (χ4n) is 2.79. The summed E-state index contributed by atoms with van der Waals surface area (Å²) < 4.78 is 9.93. The molecule has 0 radical (unpaired) electrons. The number of esters is 2. The zero-order valence-corrected chi connectivity index (χ0v) is 16.9. The number of ether oxygens (including phenoxy) is 2. The predicted molar refractivity (Wildman–Crippen MR) is 113 cm³/mol. The van der Waals surface area contributed by atoms with Gasteiger partial charge in [-0.1, -0.05) is 18.2 Å². The van der Waals surface area contributed by atoms with E-state index < -0.39 is 24.5 Å². The number of rotatable bonds is 7. The Kier molecular flexibility index (Phi) is 7.10. The van der Waals surface area contributed by atoms with Crippen LogP contribution in [0.3, 0.4) is 0 Å². The number of carbonyl (C=O) groups is 4. The predicted octanol–water partition coefficient (Wildman–Crippen LogP) is 2.53. The molecule has 0 spiro atoms. The minimum absolute atomic E-state index is 0.0649. The Morgan fingerprint density at radius 2 is 1.68 bits per heavy atom. The minimum atomic E-state index is -0.763. The lowest BCUT2D eigenvalue weighted by Gasteiger charge is -2.22. The van der Waals surface area contributed by atoms with Crippen molar-refractivity contribution < 1.29 is 28.7 Å². The summed E-state index contributed by atoms with van der Waals surface area (Å²) in [5.41, 5.74) is 1.40. The molecule has 0 aliphatic carbocycles. The molecule has 0 fully saturated rings. The third-order valence-corrected chi connectivity index (χ3v) is 4.28. The molecule has 0 unspecified atom stereocenters. The lowest BCUT2D eigenvalue weighted by Crippen LogP contribution is -2.35. The Hall–Kier alpha value is -4.01. The summed E-state index contributed by atoms with van der Waals surface area (Å²) in [4.78, 5) is 48.1. The standard InChI is InChI=1S/C22H21N3O6/c1-2-30-21(28)15-8-10-16(11-9-15)23-19(26)14-31-22(29)18-12-13-20(27)25(24-18)17-6-4-3-5-7-17/h3-11H,2,12-14H2,1H3,(H,23,26). The molecule has 2 aromatic rings. The van der Waals surface area contributed by atoms with Gasteiger partial charge in [0, 0.05) is 18.5 Å². The van der Waals surface area contributed by atoms with Crippen molar-refractivity contribution in [3.63, 3.8) is 0 Å². The molecule has 9 heteroatoms. The number of carbonyl (C=O) groups excluding carboxylic acids is 4. The highest BCUT2D eigenvalue weighted by Crippen LogP contribution is 2.20. The molecule has 0 saturated carbocycles. The molecule has 1 aliphatic heterocycles. The second-order valence-electron chi connectivity index (χ2n) is 6.51. The quantitative estimate of drug-likeness (QED) is 0.685. The summed E-state index contributed by atoms with van der Waals surface area (Å²) in [5.74, 6) is -2.00. The SMILES string of the molecule is CCOC(=O)c1ccc(NC(=O)COC(=O)C2=NN(c3ccccc3)C(=O)CC2)cc1. The molecule has 0 bridgehead atoms. The van der Waals surface area contributed by atoms with Gasteiger partial charge in [0.15, 0.2) is 6.61 Å². The molecule has 0 saturated heterocycles. The van der Waals surface area contributed by atoms with Crippen LogP contribution in [0.15, 0.2) is 59.7 Å². The van der Waals surface area contributed by atoms with Gasteiger partial charge in [-0.15, -0.1) is 0 Å². The monoisotopic (exact) mass is 423 g/mol. The molecule has 2 amide bonds. The molecule has 1 aliphatic rings. The summed E-state index contributed by atoms with van der Waals surface area (Å²) in [6.45, 7) is 1.46. The lowest BCUT2D eigenvalue weighted by molar-refractivity contribution is -0.140. The van der Waals surface area contributed by atoms with E-state index in [0.717, 1.165) is 5.01 Å². The van der Waals surface area contributed by atoms with Gasteiger partial charge in [0.05, 0.1) is 17.9 Å². The highest BCUT2D eigenvalue weighted by Gasteiger charge is 2.26. The molecule has 160 valence electrons. The van der Waals surface area contributed by atoms with Crippen LogP contribution in [0.4, 0.5) is 11.4 Å². The van der Waals surface area contributed by atoms with Gasteiger partial charge in [-0.05, 0) is 43.3 Å². The van der Waals surface area contributed by atoms with Gasteiger partial charge in [-0.25, -0.2) is 14.6 Å². The molecule has 9 nitrogen and oxygen atoms in total. The van der Waals surface area contributed by atoms with Crippen LogP contribution in [0.25, 0.3) is 0 Å². The van der Waals surface area contributed by atoms with E-state index in [2.05, 4.69) is 10.4 Å². The largest absolute Gasteiger partial charge is 0.462 e. The first-order valence-electron chi connectivity index (χ1n) is 9.67. The first-order chi connectivity index (χ1) is 15.0. The summed E-state index contributed by atoms with van der Waals surface area (Å²) in [7, 11) is 0. The van der Waals surface area contributed by atoms with Crippen LogP contribution in [-0.2, 0) is 23.9 Å². The maximum absolute atomic E-state index is 12.3. The van der Waals surface area contributed by atoms with Crippen LogP contribution in [0.2, 0.25) is 0 Å². The molecule has 3 rings (SSSR count). The number of amides is 2. The normalized spacial score (nSPS) is 13.3. The second-order valence-corrected chi connectivity index (χ2v) is 6.51. The van der Waals surface area contributed by atoms with E-state index >= 15 is 0 Å². The average molecular weight is 423 g/mol. The molecule has 2 aromatic carbocycles. The van der Waals surface area contributed by atoms with E-state index in [4.69, 9.17) is 9.47 Å². The third-order valence-electron chi connectivity index (χ3n) is 4.28. The van der Waals surface area contributed by atoms with Crippen LogP contribution >= 0.6 is 0 Å². The number of para-hydroxylation sites is 1. The highest BCUT2D eigenvalue weighted by atomic mass is 16.5. The Morgan fingerprint density at radius 3 is 2.35 bits per heavy atom. The van der Waals surface area contributed by atoms with Gasteiger partial charge in [0.1, 0.15) is 5.71 Å². The van der Waals surface area contributed by atoms with Gasteiger partial charge in [0.2, 0.25) is 5.91 Å². The third kappa shape index (κ3) is 5.75. The smallest absolute Gasteiger partial charge is 0.355 e. The van der Waals surface area contributed by atoms with E-state index in [1.165, 1.54) is 12.1 Å². The van der Waals surface area contributed by atoms with Crippen LogP contribution < -0.4 is 10.3 Å². The molecular formula is C22H21N3O6. The number of hydrazone groups is 1. The van der Waals surface area contributed by atoms with Crippen LogP contribution in [0.5, 0.6) is 0 Å². The van der Waals surface area contributed by atoms with Crippen molar-refractivity contribution in [3.8, 4) is 0 Å². The van der Waals surface area contributed by atoms with Gasteiger partial charge < -0.3 is 14.8 Å². The van der Waals surface area contributed by atoms with Crippen molar-refractivity contribution in [1.29, 1.82) is 0 Å². The first kappa shape index (κ1) is 21.7. The van der Waals surface area contributed by atoms with Gasteiger partial charge in [-0.3, -0.25) is 9.59 Å². The number of nitrogens with zero attached hydrogens (tertiary/aromatic N) is 2. The van der Waals surface area contributed by atoms with Crippen molar-refractivity contribution in [3.05, 3.63) is 60.2 Å². The van der Waals surface area contributed by atoms with Crippen molar-refractivity contribution in [2.24, 2.45) is 5.10 Å². The highest BCUT2D eigenvalue weighted by molar-refractivity contribution is 6.38. The topological polar surface area (TPSA) is 114 Å². The fraction of sp³-hybridized carbons (Fsp3) is 0.227. The maximum Gasteiger partial charge on any atom is 0.355 e. The van der Waals surface area contributed by atoms with Crippen molar-refractivity contribution in [1.82, 2.24) is 0 Å². The maximum atomic E-state index is 12.3. The van der Waals surface area contributed by atoms with E-state index in [1.54, 1.807) is 49.4 Å². The summed E-state index contributed by atoms with van der Waals surface area (Å²) in [5, 5.41) is 7.81. The molecule has 0 atom stereocenters. The summed E-state index contributed by atoms with van der Waals surface area (Å²) >= 11 is 0. The Labute approximate surface area is 178 Å². The van der Waals surface area contributed by atoms with E-state index in [9.17, 15) is 19.2 Å². The second kappa shape index (κ2) is 10.1. The average Bonchev–Trinajstić information content (AvgIpc) is 2.79. The fourth-order valence-corrected chi connectivity index (χ4v) is 2.79. The van der Waals surface area contributed by atoms with Gasteiger partial charge >= 0.3 is 11.9 Å². The van der Waals surface area contributed by atoms with E-state index in [1.807, 2.05) is 0 Å². The Balaban J connectivity index is 1.54. The molecule has 0 aromatic heterocycles.